The average molecular weight is 202 g/mol. The first kappa shape index (κ1) is 13.4. The monoisotopic (exact) mass is 202 g/mol. The van der Waals surface area contributed by atoms with E-state index in [-0.39, 0.29) is 18.4 Å². The maximum atomic E-state index is 11.8. The van der Waals surface area contributed by atoms with E-state index in [1.807, 2.05) is 20.8 Å². The molecule has 0 aromatic rings. The summed E-state index contributed by atoms with van der Waals surface area (Å²) in [6, 6.07) is -0.438. The summed E-state index contributed by atoms with van der Waals surface area (Å²) < 4.78 is 0. The number of hydrogen-bond acceptors (Lipinski definition) is 3. The van der Waals surface area contributed by atoms with Crippen LogP contribution in [0.4, 0.5) is 0 Å². The van der Waals surface area contributed by atoms with Gasteiger partial charge in [-0.1, -0.05) is 20.3 Å². The lowest BCUT2D eigenvalue weighted by atomic mass is 9.99. The molecule has 0 saturated heterocycles. The van der Waals surface area contributed by atoms with E-state index in [0.29, 0.717) is 13.1 Å². The van der Waals surface area contributed by atoms with Crippen LogP contribution in [0.5, 0.6) is 0 Å². The molecule has 2 atom stereocenters. The van der Waals surface area contributed by atoms with Gasteiger partial charge in [0.25, 0.3) is 0 Å². The Morgan fingerprint density at radius 2 is 2.07 bits per heavy atom. The lowest BCUT2D eigenvalue weighted by molar-refractivity contribution is -0.134. The topological polar surface area (TPSA) is 66.6 Å². The van der Waals surface area contributed by atoms with Gasteiger partial charge in [-0.05, 0) is 12.8 Å². The minimum atomic E-state index is -0.438. The molecule has 0 aromatic carbocycles. The molecule has 0 fully saturated rings. The highest BCUT2D eigenvalue weighted by molar-refractivity contribution is 5.81. The van der Waals surface area contributed by atoms with Crippen LogP contribution in [0.25, 0.3) is 0 Å². The van der Waals surface area contributed by atoms with Gasteiger partial charge in [-0.25, -0.2) is 0 Å². The van der Waals surface area contributed by atoms with Gasteiger partial charge in [0, 0.05) is 13.1 Å². The van der Waals surface area contributed by atoms with E-state index in [1.165, 1.54) is 0 Å². The third-order valence-electron chi connectivity index (χ3n) is 2.61. The fraction of sp³-hybridized carbons (Fsp3) is 0.900. The van der Waals surface area contributed by atoms with Crippen molar-refractivity contribution in [3.05, 3.63) is 0 Å². The fourth-order valence-corrected chi connectivity index (χ4v) is 1.25. The second-order valence-electron chi connectivity index (χ2n) is 3.55. The van der Waals surface area contributed by atoms with Crippen LogP contribution in [-0.4, -0.2) is 41.7 Å². The van der Waals surface area contributed by atoms with Crippen molar-refractivity contribution in [2.24, 2.45) is 11.7 Å². The molecule has 3 N–H and O–H groups in total. The summed E-state index contributed by atoms with van der Waals surface area (Å²) in [5.74, 6) is 0.131. The van der Waals surface area contributed by atoms with Gasteiger partial charge in [-0.15, -0.1) is 0 Å². The third kappa shape index (κ3) is 3.64. The fourth-order valence-electron chi connectivity index (χ4n) is 1.25. The molecule has 0 aliphatic heterocycles. The van der Waals surface area contributed by atoms with E-state index in [0.717, 1.165) is 6.42 Å². The Kier molecular flexibility index (Phi) is 6.49. The van der Waals surface area contributed by atoms with Gasteiger partial charge < -0.3 is 15.7 Å². The smallest absolute Gasteiger partial charge is 0.239 e. The van der Waals surface area contributed by atoms with E-state index in [9.17, 15) is 4.79 Å². The molecule has 0 rings (SSSR count). The maximum absolute atomic E-state index is 11.8. The molecule has 0 aliphatic carbocycles. The number of hydrogen-bond donors (Lipinski definition) is 2. The van der Waals surface area contributed by atoms with Gasteiger partial charge in [-0.3, -0.25) is 4.79 Å². The zero-order valence-electron chi connectivity index (χ0n) is 9.36. The number of likely N-dealkylation sites (N-methyl/N-ethyl adjacent to an activating group) is 1. The number of nitrogens with zero attached hydrogens (tertiary/aromatic N) is 1. The first-order chi connectivity index (χ1) is 6.58. The molecule has 1 unspecified atom stereocenters. The SMILES string of the molecule is CCC(C)[C@H](N)C(=O)N(CC)CCO. The molecule has 14 heavy (non-hydrogen) atoms. The molecular formula is C10H22N2O2. The minimum absolute atomic E-state index is 0.00714. The summed E-state index contributed by atoms with van der Waals surface area (Å²) >= 11 is 0. The minimum Gasteiger partial charge on any atom is -0.395 e. The molecule has 1 amide bonds. The molecule has 4 heteroatoms. The number of aliphatic hydroxyl groups is 1. The third-order valence-corrected chi connectivity index (χ3v) is 2.61. The highest BCUT2D eigenvalue weighted by Gasteiger charge is 2.23. The largest absolute Gasteiger partial charge is 0.395 e. The van der Waals surface area contributed by atoms with Crippen LogP contribution >= 0.6 is 0 Å². The Balaban J connectivity index is 4.26. The predicted molar refractivity (Wildman–Crippen MR) is 56.8 cm³/mol. The van der Waals surface area contributed by atoms with Crippen molar-refractivity contribution in [1.82, 2.24) is 4.90 Å². The zero-order chi connectivity index (χ0) is 11.1. The molecule has 0 radical (unpaired) electrons. The van der Waals surface area contributed by atoms with E-state index in [4.69, 9.17) is 10.8 Å². The number of aliphatic hydroxyl groups excluding tert-OH is 1. The second-order valence-corrected chi connectivity index (χ2v) is 3.55. The average Bonchev–Trinajstić information content (AvgIpc) is 2.22. The van der Waals surface area contributed by atoms with Crippen molar-refractivity contribution in [3.8, 4) is 0 Å². The first-order valence-electron chi connectivity index (χ1n) is 5.23. The van der Waals surface area contributed by atoms with Crippen LogP contribution < -0.4 is 5.73 Å². The summed E-state index contributed by atoms with van der Waals surface area (Å²) in [4.78, 5) is 13.3. The van der Waals surface area contributed by atoms with Crippen LogP contribution in [0.1, 0.15) is 27.2 Å². The van der Waals surface area contributed by atoms with Gasteiger partial charge in [0.1, 0.15) is 0 Å². The Morgan fingerprint density at radius 1 is 1.50 bits per heavy atom. The van der Waals surface area contributed by atoms with Crippen molar-refractivity contribution in [3.63, 3.8) is 0 Å². The lowest BCUT2D eigenvalue weighted by Crippen LogP contribution is -2.47. The standard InChI is InChI=1S/C10H22N2O2/c1-4-8(3)9(11)10(14)12(5-2)6-7-13/h8-9,13H,4-7,11H2,1-3H3/t8?,9-/m0/s1. The number of rotatable bonds is 6. The second kappa shape index (κ2) is 6.79. The lowest BCUT2D eigenvalue weighted by Gasteiger charge is -2.26. The van der Waals surface area contributed by atoms with Gasteiger partial charge >= 0.3 is 0 Å². The van der Waals surface area contributed by atoms with Crippen molar-refractivity contribution in [1.29, 1.82) is 0 Å². The summed E-state index contributed by atoms with van der Waals surface area (Å²) in [6.45, 7) is 6.84. The highest BCUT2D eigenvalue weighted by atomic mass is 16.3. The molecular weight excluding hydrogens is 180 g/mol. The van der Waals surface area contributed by atoms with Crippen molar-refractivity contribution >= 4 is 5.91 Å². The highest BCUT2D eigenvalue weighted by Crippen LogP contribution is 2.08. The van der Waals surface area contributed by atoms with E-state index in [1.54, 1.807) is 4.90 Å². The number of carbonyl (C=O) groups excluding carboxylic acids is 1. The van der Waals surface area contributed by atoms with Crippen molar-refractivity contribution in [2.45, 2.75) is 33.2 Å². The summed E-state index contributed by atoms with van der Waals surface area (Å²) in [5.41, 5.74) is 5.81. The Morgan fingerprint density at radius 3 is 2.43 bits per heavy atom. The summed E-state index contributed by atoms with van der Waals surface area (Å²) in [5, 5.41) is 8.76. The zero-order valence-corrected chi connectivity index (χ0v) is 9.36. The molecule has 4 nitrogen and oxygen atoms in total. The van der Waals surface area contributed by atoms with E-state index >= 15 is 0 Å². The van der Waals surface area contributed by atoms with Crippen LogP contribution in [0.2, 0.25) is 0 Å². The van der Waals surface area contributed by atoms with E-state index < -0.39 is 6.04 Å². The Bertz CT molecular complexity index is 170. The van der Waals surface area contributed by atoms with Crippen LogP contribution in [-0.2, 0) is 4.79 Å². The molecule has 84 valence electrons. The van der Waals surface area contributed by atoms with Gasteiger partial charge in [0.05, 0.1) is 12.6 Å². The van der Waals surface area contributed by atoms with Crippen LogP contribution in [0.15, 0.2) is 0 Å². The van der Waals surface area contributed by atoms with Gasteiger partial charge in [0.2, 0.25) is 5.91 Å². The van der Waals surface area contributed by atoms with Crippen molar-refractivity contribution in [2.75, 3.05) is 19.7 Å². The van der Waals surface area contributed by atoms with E-state index in [2.05, 4.69) is 0 Å². The molecule has 0 heterocycles. The predicted octanol–water partition coefficient (Wildman–Crippen LogP) is 0.201. The number of carbonyl (C=O) groups is 1. The first-order valence-corrected chi connectivity index (χ1v) is 5.23. The number of amides is 1. The summed E-state index contributed by atoms with van der Waals surface area (Å²) in [6.07, 6.45) is 0.892. The number of nitrogens with two attached hydrogens (primary N) is 1. The van der Waals surface area contributed by atoms with Crippen LogP contribution in [0, 0.1) is 5.92 Å². The molecule has 0 aromatic heterocycles. The quantitative estimate of drug-likeness (QED) is 0.646. The molecule has 0 saturated carbocycles. The summed E-state index contributed by atoms with van der Waals surface area (Å²) in [7, 11) is 0. The maximum Gasteiger partial charge on any atom is 0.239 e. The van der Waals surface area contributed by atoms with Gasteiger partial charge in [0.15, 0.2) is 0 Å². The Hall–Kier alpha value is -0.610. The molecule has 0 bridgehead atoms. The Labute approximate surface area is 86.1 Å². The van der Waals surface area contributed by atoms with Gasteiger partial charge in [-0.2, -0.15) is 0 Å². The molecule has 0 spiro atoms. The van der Waals surface area contributed by atoms with Crippen molar-refractivity contribution < 1.29 is 9.90 Å². The molecule has 0 aliphatic rings. The van der Waals surface area contributed by atoms with Crippen LogP contribution in [0.3, 0.4) is 0 Å². The normalized spacial score (nSPS) is 14.9.